The molecule has 1 fully saturated rings. The first-order valence-electron chi connectivity index (χ1n) is 9.61. The van der Waals surface area contributed by atoms with Crippen LogP contribution in [0.3, 0.4) is 0 Å². The Labute approximate surface area is 161 Å². The van der Waals surface area contributed by atoms with E-state index in [-0.39, 0.29) is 17.9 Å². The Morgan fingerprint density at radius 2 is 1.85 bits per heavy atom. The predicted molar refractivity (Wildman–Crippen MR) is 104 cm³/mol. The molecule has 7 nitrogen and oxygen atoms in total. The van der Waals surface area contributed by atoms with Crippen LogP contribution in [-0.2, 0) is 0 Å². The standard InChI is InChI=1S/C20H31N3O4/c1-4-5-8-21-20(25)23-9-6-7-15(14-23)13-22-19(24)16-10-17(26-2)12-18(11-16)27-3/h10-12,15H,4-9,13-14H2,1-3H3,(H,21,25)(H,22,24)/t15-/m1/s1. The first-order valence-corrected chi connectivity index (χ1v) is 9.61. The number of rotatable bonds is 8. The van der Waals surface area contributed by atoms with Gasteiger partial charge in [-0.15, -0.1) is 0 Å². The molecule has 2 rings (SSSR count). The molecule has 0 bridgehead atoms. The lowest BCUT2D eigenvalue weighted by Crippen LogP contribution is -2.47. The van der Waals surface area contributed by atoms with Gasteiger partial charge in [0.05, 0.1) is 14.2 Å². The van der Waals surface area contributed by atoms with Gasteiger partial charge in [0.2, 0.25) is 0 Å². The van der Waals surface area contributed by atoms with Gasteiger partial charge in [-0.3, -0.25) is 4.79 Å². The number of methoxy groups -OCH3 is 2. The van der Waals surface area contributed by atoms with Crippen molar-refractivity contribution in [3.05, 3.63) is 23.8 Å². The number of nitrogens with one attached hydrogen (secondary N) is 2. The maximum Gasteiger partial charge on any atom is 0.317 e. The predicted octanol–water partition coefficient (Wildman–Crippen LogP) is 2.66. The second kappa shape index (κ2) is 10.6. The summed E-state index contributed by atoms with van der Waals surface area (Å²) in [6, 6.07) is 5.10. The van der Waals surface area contributed by atoms with Gasteiger partial charge in [-0.2, -0.15) is 0 Å². The van der Waals surface area contributed by atoms with Crippen LogP contribution in [-0.4, -0.2) is 57.2 Å². The van der Waals surface area contributed by atoms with Gasteiger partial charge in [0.15, 0.2) is 0 Å². The second-order valence-electron chi connectivity index (χ2n) is 6.85. The molecule has 1 aliphatic rings. The summed E-state index contributed by atoms with van der Waals surface area (Å²) in [5, 5.41) is 5.94. The minimum absolute atomic E-state index is 0.00277. The number of amides is 3. The number of nitrogens with zero attached hydrogens (tertiary/aromatic N) is 1. The normalized spacial score (nSPS) is 16.6. The quantitative estimate of drug-likeness (QED) is 0.683. The molecule has 0 aromatic heterocycles. The molecule has 1 aliphatic heterocycles. The fraction of sp³-hybridized carbons (Fsp3) is 0.600. The first-order chi connectivity index (χ1) is 13.1. The summed E-state index contributed by atoms with van der Waals surface area (Å²) < 4.78 is 10.4. The Balaban J connectivity index is 1.86. The fourth-order valence-corrected chi connectivity index (χ4v) is 3.18. The highest BCUT2D eigenvalue weighted by atomic mass is 16.5. The second-order valence-corrected chi connectivity index (χ2v) is 6.85. The van der Waals surface area contributed by atoms with Crippen molar-refractivity contribution >= 4 is 11.9 Å². The van der Waals surface area contributed by atoms with Gasteiger partial charge < -0.3 is 25.0 Å². The summed E-state index contributed by atoms with van der Waals surface area (Å²) in [7, 11) is 3.11. The van der Waals surface area contributed by atoms with Gasteiger partial charge in [-0.05, 0) is 37.3 Å². The van der Waals surface area contributed by atoms with Crippen LogP contribution >= 0.6 is 0 Å². The lowest BCUT2D eigenvalue weighted by Gasteiger charge is -2.33. The van der Waals surface area contributed by atoms with E-state index in [4.69, 9.17) is 9.47 Å². The summed E-state index contributed by atoms with van der Waals surface area (Å²) in [5.41, 5.74) is 0.496. The van der Waals surface area contributed by atoms with Gasteiger partial charge in [-0.25, -0.2) is 4.79 Å². The van der Waals surface area contributed by atoms with Crippen LogP contribution in [0, 0.1) is 5.92 Å². The van der Waals surface area contributed by atoms with E-state index in [1.54, 1.807) is 32.4 Å². The minimum atomic E-state index is -0.170. The number of carbonyl (C=O) groups is 2. The van der Waals surface area contributed by atoms with E-state index in [2.05, 4.69) is 17.6 Å². The number of piperidine rings is 1. The maximum absolute atomic E-state index is 12.5. The Morgan fingerprint density at radius 1 is 1.15 bits per heavy atom. The summed E-state index contributed by atoms with van der Waals surface area (Å²) >= 11 is 0. The number of hydrogen-bond donors (Lipinski definition) is 2. The zero-order valence-electron chi connectivity index (χ0n) is 16.5. The molecule has 0 saturated carbocycles. The Bertz CT molecular complexity index is 613. The van der Waals surface area contributed by atoms with Crippen LogP contribution in [0.4, 0.5) is 4.79 Å². The van der Waals surface area contributed by atoms with Crippen LogP contribution in [0.25, 0.3) is 0 Å². The summed E-state index contributed by atoms with van der Waals surface area (Å²) in [4.78, 5) is 26.6. The number of unbranched alkanes of at least 4 members (excludes halogenated alkanes) is 1. The van der Waals surface area contributed by atoms with Crippen LogP contribution in [0.2, 0.25) is 0 Å². The number of ether oxygens (including phenoxy) is 2. The van der Waals surface area contributed by atoms with E-state index in [0.29, 0.717) is 36.7 Å². The number of urea groups is 1. The third kappa shape index (κ3) is 6.34. The first kappa shape index (κ1) is 20.9. The maximum atomic E-state index is 12.5. The van der Waals surface area contributed by atoms with Crippen molar-refractivity contribution in [1.82, 2.24) is 15.5 Å². The number of hydrogen-bond acceptors (Lipinski definition) is 4. The van der Waals surface area contributed by atoms with E-state index in [9.17, 15) is 9.59 Å². The van der Waals surface area contributed by atoms with Gasteiger partial charge in [-0.1, -0.05) is 13.3 Å². The Hall–Kier alpha value is -2.44. The van der Waals surface area contributed by atoms with E-state index >= 15 is 0 Å². The Morgan fingerprint density at radius 3 is 2.48 bits per heavy atom. The van der Waals surface area contributed by atoms with Crippen molar-refractivity contribution < 1.29 is 19.1 Å². The molecule has 1 saturated heterocycles. The summed E-state index contributed by atoms with van der Waals surface area (Å²) in [6.07, 6.45) is 4.00. The SMILES string of the molecule is CCCCNC(=O)N1CCC[C@H](CNC(=O)c2cc(OC)cc(OC)c2)C1. The third-order valence-electron chi connectivity index (χ3n) is 4.78. The highest BCUT2D eigenvalue weighted by molar-refractivity contribution is 5.95. The molecule has 1 atom stereocenters. The van der Waals surface area contributed by atoms with E-state index in [1.807, 2.05) is 4.90 Å². The fourth-order valence-electron chi connectivity index (χ4n) is 3.18. The zero-order valence-corrected chi connectivity index (χ0v) is 16.5. The van der Waals surface area contributed by atoms with Crippen molar-refractivity contribution in [3.8, 4) is 11.5 Å². The molecule has 1 aromatic rings. The summed E-state index contributed by atoms with van der Waals surface area (Å²) in [6.45, 7) is 4.79. The molecular weight excluding hydrogens is 346 g/mol. The molecule has 150 valence electrons. The van der Waals surface area contributed by atoms with E-state index in [0.717, 1.165) is 32.2 Å². The highest BCUT2D eigenvalue weighted by Crippen LogP contribution is 2.22. The summed E-state index contributed by atoms with van der Waals surface area (Å²) in [5.74, 6) is 1.24. The molecule has 1 heterocycles. The van der Waals surface area contributed by atoms with Crippen LogP contribution < -0.4 is 20.1 Å². The van der Waals surface area contributed by atoms with E-state index < -0.39 is 0 Å². The van der Waals surface area contributed by atoms with Crippen LogP contribution in [0.5, 0.6) is 11.5 Å². The molecule has 0 radical (unpaired) electrons. The van der Waals surface area contributed by atoms with Crippen molar-refractivity contribution in [1.29, 1.82) is 0 Å². The number of carbonyl (C=O) groups excluding carboxylic acids is 2. The molecule has 7 heteroatoms. The average molecular weight is 377 g/mol. The third-order valence-corrected chi connectivity index (χ3v) is 4.78. The van der Waals surface area contributed by atoms with Crippen LogP contribution in [0.15, 0.2) is 18.2 Å². The van der Waals surface area contributed by atoms with Crippen molar-refractivity contribution in [3.63, 3.8) is 0 Å². The van der Waals surface area contributed by atoms with Crippen LogP contribution in [0.1, 0.15) is 43.0 Å². The lowest BCUT2D eigenvalue weighted by molar-refractivity contribution is 0.0937. The molecule has 2 N–H and O–H groups in total. The van der Waals surface area contributed by atoms with E-state index in [1.165, 1.54) is 0 Å². The molecule has 0 spiro atoms. The largest absolute Gasteiger partial charge is 0.497 e. The molecule has 27 heavy (non-hydrogen) atoms. The Kier molecular flexibility index (Phi) is 8.23. The zero-order chi connectivity index (χ0) is 19.6. The number of likely N-dealkylation sites (tertiary alicyclic amines) is 1. The smallest absolute Gasteiger partial charge is 0.317 e. The number of benzene rings is 1. The van der Waals surface area contributed by atoms with Gasteiger partial charge >= 0.3 is 6.03 Å². The lowest BCUT2D eigenvalue weighted by atomic mass is 9.98. The van der Waals surface area contributed by atoms with Gasteiger partial charge in [0.25, 0.3) is 5.91 Å². The van der Waals surface area contributed by atoms with Gasteiger partial charge in [0.1, 0.15) is 11.5 Å². The molecule has 1 aromatic carbocycles. The highest BCUT2D eigenvalue weighted by Gasteiger charge is 2.24. The minimum Gasteiger partial charge on any atom is -0.497 e. The molecular formula is C20H31N3O4. The molecule has 3 amide bonds. The van der Waals surface area contributed by atoms with Gasteiger partial charge in [0, 0.05) is 37.8 Å². The molecule has 0 aliphatic carbocycles. The topological polar surface area (TPSA) is 79.9 Å². The van der Waals surface area contributed by atoms with Crippen molar-refractivity contribution in [2.75, 3.05) is 40.4 Å². The molecule has 0 unspecified atom stereocenters. The average Bonchev–Trinajstić information content (AvgIpc) is 2.71. The van der Waals surface area contributed by atoms with Crippen molar-refractivity contribution in [2.24, 2.45) is 5.92 Å². The van der Waals surface area contributed by atoms with Crippen molar-refractivity contribution in [2.45, 2.75) is 32.6 Å². The monoisotopic (exact) mass is 377 g/mol.